The van der Waals surface area contributed by atoms with Crippen molar-refractivity contribution in [3.05, 3.63) is 50.1 Å². The van der Waals surface area contributed by atoms with E-state index in [1.54, 1.807) is 12.3 Å². The Kier molecular flexibility index (Phi) is 5.69. The van der Waals surface area contributed by atoms with Crippen LogP contribution in [0, 0.1) is 0 Å². The number of ether oxygens (including phenoxy) is 1. The first-order chi connectivity index (χ1) is 9.60. The lowest BCUT2D eigenvalue weighted by atomic mass is 10.2. The van der Waals surface area contributed by atoms with E-state index in [4.69, 9.17) is 16.3 Å². The van der Waals surface area contributed by atoms with E-state index in [1.807, 2.05) is 25.1 Å². The van der Waals surface area contributed by atoms with Crippen LogP contribution >= 0.6 is 43.5 Å². The summed E-state index contributed by atoms with van der Waals surface area (Å²) in [6.07, 6.45) is 1.67. The second-order valence-corrected chi connectivity index (χ2v) is 6.19. The number of anilines is 1. The smallest absolute Gasteiger partial charge is 0.138 e. The lowest BCUT2D eigenvalue weighted by Gasteiger charge is -2.14. The maximum atomic E-state index is 5.87. The lowest BCUT2D eigenvalue weighted by molar-refractivity contribution is 0.334. The van der Waals surface area contributed by atoms with E-state index in [1.165, 1.54) is 0 Å². The SMILES string of the molecule is CCOc1c(Br)cc(Br)cc1CNc1ccnc(Cl)c1. The van der Waals surface area contributed by atoms with E-state index < -0.39 is 0 Å². The summed E-state index contributed by atoms with van der Waals surface area (Å²) in [5, 5.41) is 3.78. The van der Waals surface area contributed by atoms with Gasteiger partial charge in [0, 0.05) is 28.5 Å². The number of nitrogens with one attached hydrogen (secondary N) is 1. The third kappa shape index (κ3) is 4.11. The topological polar surface area (TPSA) is 34.1 Å². The molecule has 0 radical (unpaired) electrons. The van der Waals surface area contributed by atoms with Gasteiger partial charge < -0.3 is 10.1 Å². The van der Waals surface area contributed by atoms with Gasteiger partial charge in [0.25, 0.3) is 0 Å². The highest BCUT2D eigenvalue weighted by Crippen LogP contribution is 2.33. The number of aromatic nitrogens is 1. The average molecular weight is 421 g/mol. The molecule has 6 heteroatoms. The van der Waals surface area contributed by atoms with Crippen molar-refractivity contribution in [3.8, 4) is 5.75 Å². The van der Waals surface area contributed by atoms with E-state index >= 15 is 0 Å². The molecule has 2 rings (SSSR count). The molecule has 106 valence electrons. The summed E-state index contributed by atoms with van der Waals surface area (Å²) in [6.45, 7) is 3.22. The molecule has 1 heterocycles. The minimum Gasteiger partial charge on any atom is -0.492 e. The van der Waals surface area contributed by atoms with Crippen LogP contribution in [0.4, 0.5) is 5.69 Å². The minimum atomic E-state index is 0.468. The maximum absolute atomic E-state index is 5.87. The van der Waals surface area contributed by atoms with Gasteiger partial charge in [-0.25, -0.2) is 4.98 Å². The predicted octanol–water partition coefficient (Wildman–Crippen LogP) is 5.27. The summed E-state index contributed by atoms with van der Waals surface area (Å²) < 4.78 is 7.62. The zero-order valence-corrected chi connectivity index (χ0v) is 14.7. The van der Waals surface area contributed by atoms with Gasteiger partial charge in [-0.05, 0) is 47.1 Å². The highest BCUT2D eigenvalue weighted by Gasteiger charge is 2.10. The zero-order chi connectivity index (χ0) is 14.5. The van der Waals surface area contributed by atoms with Crippen molar-refractivity contribution in [3.63, 3.8) is 0 Å². The van der Waals surface area contributed by atoms with Crippen molar-refractivity contribution >= 4 is 49.1 Å². The van der Waals surface area contributed by atoms with Crippen molar-refractivity contribution in [2.45, 2.75) is 13.5 Å². The van der Waals surface area contributed by atoms with Crippen molar-refractivity contribution in [2.75, 3.05) is 11.9 Å². The Morgan fingerprint density at radius 1 is 1.30 bits per heavy atom. The van der Waals surface area contributed by atoms with Crippen LogP contribution in [-0.2, 0) is 6.54 Å². The van der Waals surface area contributed by atoms with Crippen LogP contribution in [0.2, 0.25) is 5.15 Å². The molecule has 3 nitrogen and oxygen atoms in total. The molecule has 0 bridgehead atoms. The predicted molar refractivity (Wildman–Crippen MR) is 89.6 cm³/mol. The minimum absolute atomic E-state index is 0.468. The summed E-state index contributed by atoms with van der Waals surface area (Å²) in [5.74, 6) is 0.850. The summed E-state index contributed by atoms with van der Waals surface area (Å²) >= 11 is 12.9. The molecule has 0 atom stereocenters. The third-order valence-electron chi connectivity index (χ3n) is 2.58. The molecule has 1 N–H and O–H groups in total. The molecule has 0 spiro atoms. The van der Waals surface area contributed by atoms with Crippen molar-refractivity contribution in [1.82, 2.24) is 4.98 Å². The molecule has 2 aromatic rings. The molecule has 0 aliphatic carbocycles. The van der Waals surface area contributed by atoms with E-state index in [0.717, 1.165) is 25.9 Å². The van der Waals surface area contributed by atoms with Gasteiger partial charge in [-0.3, -0.25) is 0 Å². The molecular weight excluding hydrogens is 407 g/mol. The highest BCUT2D eigenvalue weighted by atomic mass is 79.9. The Labute approximate surface area is 140 Å². The van der Waals surface area contributed by atoms with Gasteiger partial charge in [0.2, 0.25) is 0 Å². The molecule has 0 aliphatic rings. The van der Waals surface area contributed by atoms with Crippen molar-refractivity contribution in [1.29, 1.82) is 0 Å². The summed E-state index contributed by atoms with van der Waals surface area (Å²) in [7, 11) is 0. The average Bonchev–Trinajstić information content (AvgIpc) is 2.40. The van der Waals surface area contributed by atoms with Crippen LogP contribution in [0.25, 0.3) is 0 Å². The molecule has 1 aromatic carbocycles. The van der Waals surface area contributed by atoms with E-state index in [-0.39, 0.29) is 0 Å². The van der Waals surface area contributed by atoms with Gasteiger partial charge in [-0.15, -0.1) is 0 Å². The van der Waals surface area contributed by atoms with Crippen LogP contribution in [0.15, 0.2) is 39.4 Å². The molecule has 0 fully saturated rings. The van der Waals surface area contributed by atoms with Crippen LogP contribution in [0.1, 0.15) is 12.5 Å². The van der Waals surface area contributed by atoms with E-state index in [0.29, 0.717) is 18.3 Å². The van der Waals surface area contributed by atoms with Gasteiger partial charge >= 0.3 is 0 Å². The van der Waals surface area contributed by atoms with Gasteiger partial charge in [0.15, 0.2) is 0 Å². The first-order valence-corrected chi connectivity index (χ1v) is 8.02. The summed E-state index contributed by atoms with van der Waals surface area (Å²) in [5.41, 5.74) is 1.98. The quantitative estimate of drug-likeness (QED) is 0.669. The summed E-state index contributed by atoms with van der Waals surface area (Å²) in [4.78, 5) is 3.96. The van der Waals surface area contributed by atoms with Gasteiger partial charge in [0.05, 0.1) is 11.1 Å². The number of benzene rings is 1. The molecule has 0 amide bonds. The molecule has 0 unspecified atom stereocenters. The lowest BCUT2D eigenvalue weighted by Crippen LogP contribution is -2.04. The number of rotatable bonds is 5. The Bertz CT molecular complexity index is 608. The van der Waals surface area contributed by atoms with Crippen LogP contribution in [0.3, 0.4) is 0 Å². The fourth-order valence-electron chi connectivity index (χ4n) is 1.76. The number of pyridine rings is 1. The Morgan fingerprint density at radius 2 is 2.10 bits per heavy atom. The Morgan fingerprint density at radius 3 is 2.80 bits per heavy atom. The molecular formula is C14H13Br2ClN2O. The molecule has 0 saturated heterocycles. The third-order valence-corrected chi connectivity index (χ3v) is 3.84. The van der Waals surface area contributed by atoms with Crippen LogP contribution < -0.4 is 10.1 Å². The largest absolute Gasteiger partial charge is 0.492 e. The van der Waals surface area contributed by atoms with E-state index in [2.05, 4.69) is 42.2 Å². The van der Waals surface area contributed by atoms with Gasteiger partial charge in [-0.2, -0.15) is 0 Å². The second-order valence-electron chi connectivity index (χ2n) is 4.03. The molecule has 0 saturated carbocycles. The number of halogens is 3. The van der Waals surface area contributed by atoms with Crippen molar-refractivity contribution < 1.29 is 4.74 Å². The summed E-state index contributed by atoms with van der Waals surface area (Å²) in [6, 6.07) is 7.66. The molecule has 20 heavy (non-hydrogen) atoms. The zero-order valence-electron chi connectivity index (χ0n) is 10.8. The number of hydrogen-bond acceptors (Lipinski definition) is 3. The van der Waals surface area contributed by atoms with Crippen LogP contribution in [-0.4, -0.2) is 11.6 Å². The van der Waals surface area contributed by atoms with Crippen molar-refractivity contribution in [2.24, 2.45) is 0 Å². The van der Waals surface area contributed by atoms with Gasteiger partial charge in [0.1, 0.15) is 10.9 Å². The monoisotopic (exact) mass is 418 g/mol. The van der Waals surface area contributed by atoms with Gasteiger partial charge in [-0.1, -0.05) is 27.5 Å². The molecule has 0 aliphatic heterocycles. The first kappa shape index (κ1) is 15.6. The first-order valence-electron chi connectivity index (χ1n) is 6.06. The fraction of sp³-hybridized carbons (Fsp3) is 0.214. The fourth-order valence-corrected chi connectivity index (χ4v) is 3.36. The Balaban J connectivity index is 2.20. The van der Waals surface area contributed by atoms with E-state index in [9.17, 15) is 0 Å². The second kappa shape index (κ2) is 7.29. The normalized spacial score (nSPS) is 10.4. The Hall–Kier alpha value is -0.780. The maximum Gasteiger partial charge on any atom is 0.138 e. The number of nitrogens with zero attached hydrogens (tertiary/aromatic N) is 1. The van der Waals surface area contributed by atoms with Crippen LogP contribution in [0.5, 0.6) is 5.75 Å². The number of hydrogen-bond donors (Lipinski definition) is 1. The standard InChI is InChI=1S/C14H13Br2ClN2O/c1-2-20-14-9(5-10(15)6-12(14)16)8-19-11-3-4-18-13(17)7-11/h3-7H,2,8H2,1H3,(H,18,19). The molecule has 1 aromatic heterocycles. The highest BCUT2D eigenvalue weighted by molar-refractivity contribution is 9.11.